The molecule has 108 valence electrons. The van der Waals surface area contributed by atoms with Crippen LogP contribution in [0.15, 0.2) is 29.7 Å². The van der Waals surface area contributed by atoms with E-state index in [1.54, 1.807) is 26.0 Å². The van der Waals surface area contributed by atoms with Gasteiger partial charge in [-0.15, -0.1) is 0 Å². The maximum atomic E-state index is 5.44. The molecule has 1 heterocycles. The normalized spacial score (nSPS) is 12.2. The number of aromatic amines is 1. The van der Waals surface area contributed by atoms with Crippen molar-refractivity contribution in [3.05, 3.63) is 30.1 Å². The summed E-state index contributed by atoms with van der Waals surface area (Å²) in [6.45, 7) is 0. The molecular weight excluding hydrogens is 276 g/mol. The summed E-state index contributed by atoms with van der Waals surface area (Å²) >= 11 is 1.61. The van der Waals surface area contributed by atoms with Gasteiger partial charge in [0, 0.05) is 23.4 Å². The lowest BCUT2D eigenvalue weighted by Gasteiger charge is -2.19. The number of hydrogen-bond acceptors (Lipinski definition) is 6. The Morgan fingerprint density at radius 3 is 2.80 bits per heavy atom. The summed E-state index contributed by atoms with van der Waals surface area (Å²) in [5.74, 6) is 2.40. The van der Waals surface area contributed by atoms with Crippen LogP contribution in [0.3, 0.4) is 0 Å². The molecule has 0 saturated heterocycles. The van der Waals surface area contributed by atoms with Crippen molar-refractivity contribution in [1.82, 2.24) is 20.5 Å². The number of hydrogen-bond donors (Lipinski definition) is 2. The molecule has 0 amide bonds. The van der Waals surface area contributed by atoms with Crippen LogP contribution in [0.25, 0.3) is 0 Å². The van der Waals surface area contributed by atoms with Gasteiger partial charge in [-0.3, -0.25) is 5.10 Å². The molecule has 1 aromatic heterocycles. The molecule has 2 rings (SSSR count). The van der Waals surface area contributed by atoms with Crippen molar-refractivity contribution < 1.29 is 9.47 Å². The Morgan fingerprint density at radius 1 is 1.35 bits per heavy atom. The molecule has 0 radical (unpaired) electrons. The van der Waals surface area contributed by atoms with E-state index in [4.69, 9.17) is 9.47 Å². The second-order valence-corrected chi connectivity index (χ2v) is 5.06. The zero-order chi connectivity index (χ0) is 14.4. The molecule has 0 spiro atoms. The molecule has 0 bridgehead atoms. The van der Waals surface area contributed by atoms with Gasteiger partial charge in [-0.1, -0.05) is 17.8 Å². The Morgan fingerprint density at radius 2 is 2.20 bits per heavy atom. The van der Waals surface area contributed by atoms with E-state index in [9.17, 15) is 0 Å². The Kier molecular flexibility index (Phi) is 5.25. The lowest BCUT2D eigenvalue weighted by molar-refractivity contribution is 0.387. The van der Waals surface area contributed by atoms with E-state index >= 15 is 0 Å². The van der Waals surface area contributed by atoms with Crippen LogP contribution in [0.1, 0.15) is 11.6 Å². The van der Waals surface area contributed by atoms with Crippen LogP contribution in [0.5, 0.6) is 11.5 Å². The average molecular weight is 294 g/mol. The summed E-state index contributed by atoms with van der Waals surface area (Å²) in [5, 5.41) is 10.8. The van der Waals surface area contributed by atoms with E-state index < -0.39 is 0 Å². The predicted molar refractivity (Wildman–Crippen MR) is 78.5 cm³/mol. The molecule has 1 atom stereocenters. The summed E-state index contributed by atoms with van der Waals surface area (Å²) in [7, 11) is 5.23. The van der Waals surface area contributed by atoms with Crippen LogP contribution in [-0.2, 0) is 0 Å². The van der Waals surface area contributed by atoms with E-state index in [0.717, 1.165) is 28.0 Å². The first-order valence-electron chi connectivity index (χ1n) is 6.15. The van der Waals surface area contributed by atoms with Crippen molar-refractivity contribution in [1.29, 1.82) is 0 Å². The van der Waals surface area contributed by atoms with Gasteiger partial charge in [0.05, 0.1) is 14.2 Å². The molecule has 0 aliphatic carbocycles. The van der Waals surface area contributed by atoms with Gasteiger partial charge in [0.25, 0.3) is 0 Å². The zero-order valence-electron chi connectivity index (χ0n) is 11.7. The zero-order valence-corrected chi connectivity index (χ0v) is 12.5. The van der Waals surface area contributed by atoms with Gasteiger partial charge in [-0.2, -0.15) is 5.10 Å². The fraction of sp³-hybridized carbons (Fsp3) is 0.385. The van der Waals surface area contributed by atoms with Crippen molar-refractivity contribution in [3.63, 3.8) is 0 Å². The van der Waals surface area contributed by atoms with Crippen LogP contribution in [0.2, 0.25) is 0 Å². The first kappa shape index (κ1) is 14.7. The van der Waals surface area contributed by atoms with E-state index in [1.165, 1.54) is 6.33 Å². The van der Waals surface area contributed by atoms with Gasteiger partial charge in [-0.25, -0.2) is 4.98 Å². The van der Waals surface area contributed by atoms with Gasteiger partial charge in [0.15, 0.2) is 5.16 Å². The van der Waals surface area contributed by atoms with E-state index in [1.807, 2.05) is 25.2 Å². The van der Waals surface area contributed by atoms with E-state index in [2.05, 4.69) is 20.5 Å². The van der Waals surface area contributed by atoms with Crippen LogP contribution >= 0.6 is 11.8 Å². The molecule has 1 unspecified atom stereocenters. The number of nitrogens with zero attached hydrogens (tertiary/aromatic N) is 2. The monoisotopic (exact) mass is 294 g/mol. The number of rotatable bonds is 7. The topological polar surface area (TPSA) is 72.1 Å². The average Bonchev–Trinajstić information content (AvgIpc) is 3.01. The second-order valence-electron chi connectivity index (χ2n) is 4.05. The van der Waals surface area contributed by atoms with E-state index in [-0.39, 0.29) is 6.04 Å². The highest BCUT2D eigenvalue weighted by Gasteiger charge is 2.16. The molecule has 20 heavy (non-hydrogen) atoms. The Bertz CT molecular complexity index is 533. The largest absolute Gasteiger partial charge is 0.497 e. The number of H-pyrrole nitrogens is 1. The van der Waals surface area contributed by atoms with Gasteiger partial charge < -0.3 is 14.8 Å². The van der Waals surface area contributed by atoms with Crippen LogP contribution in [-0.4, -0.2) is 42.2 Å². The van der Waals surface area contributed by atoms with Crippen LogP contribution < -0.4 is 14.8 Å². The van der Waals surface area contributed by atoms with Crippen LogP contribution in [0.4, 0.5) is 0 Å². The van der Waals surface area contributed by atoms with Crippen molar-refractivity contribution in [2.75, 3.05) is 27.0 Å². The summed E-state index contributed by atoms with van der Waals surface area (Å²) in [6, 6.07) is 5.98. The third kappa shape index (κ3) is 3.43. The standard InChI is InChI=1S/C13H18N4O2S/c1-14-11(7-20-13-15-8-16-17-13)10-5-4-9(18-2)6-12(10)19-3/h4-6,8,11,14H,7H2,1-3H3,(H,15,16,17). The molecule has 0 aliphatic heterocycles. The summed E-state index contributed by atoms with van der Waals surface area (Å²) in [6.07, 6.45) is 1.50. The second kappa shape index (κ2) is 7.16. The quantitative estimate of drug-likeness (QED) is 0.760. The lowest BCUT2D eigenvalue weighted by Crippen LogP contribution is -2.19. The maximum Gasteiger partial charge on any atom is 0.183 e. The SMILES string of the molecule is CNC(CSc1ncn[nH]1)c1ccc(OC)cc1OC. The third-order valence-electron chi connectivity index (χ3n) is 2.94. The number of benzene rings is 1. The first-order valence-corrected chi connectivity index (χ1v) is 7.14. The number of methoxy groups -OCH3 is 2. The third-order valence-corrected chi connectivity index (χ3v) is 3.91. The smallest absolute Gasteiger partial charge is 0.183 e. The maximum absolute atomic E-state index is 5.44. The number of nitrogens with one attached hydrogen (secondary N) is 2. The van der Waals surface area contributed by atoms with Crippen molar-refractivity contribution in [3.8, 4) is 11.5 Å². The minimum Gasteiger partial charge on any atom is -0.497 e. The van der Waals surface area contributed by atoms with Crippen LogP contribution in [0, 0.1) is 0 Å². The molecule has 2 N–H and O–H groups in total. The minimum absolute atomic E-state index is 0.144. The van der Waals surface area contributed by atoms with Crippen molar-refractivity contribution >= 4 is 11.8 Å². The van der Waals surface area contributed by atoms with Gasteiger partial charge in [-0.05, 0) is 13.1 Å². The number of ether oxygens (including phenoxy) is 2. The Balaban J connectivity index is 2.13. The first-order chi connectivity index (χ1) is 9.78. The molecule has 1 aromatic carbocycles. The number of thioether (sulfide) groups is 1. The highest BCUT2D eigenvalue weighted by atomic mass is 32.2. The van der Waals surface area contributed by atoms with Crippen molar-refractivity contribution in [2.24, 2.45) is 0 Å². The molecule has 7 heteroatoms. The molecule has 2 aromatic rings. The van der Waals surface area contributed by atoms with Gasteiger partial charge in [0.1, 0.15) is 17.8 Å². The molecule has 0 saturated carbocycles. The Hall–Kier alpha value is -1.73. The van der Waals surface area contributed by atoms with Gasteiger partial charge >= 0.3 is 0 Å². The molecule has 6 nitrogen and oxygen atoms in total. The summed E-state index contributed by atoms with van der Waals surface area (Å²) in [5.41, 5.74) is 1.09. The fourth-order valence-corrected chi connectivity index (χ4v) is 2.77. The highest BCUT2D eigenvalue weighted by Crippen LogP contribution is 2.31. The van der Waals surface area contributed by atoms with Gasteiger partial charge in [0.2, 0.25) is 0 Å². The number of aromatic nitrogens is 3. The molecule has 0 aliphatic rings. The highest BCUT2D eigenvalue weighted by molar-refractivity contribution is 7.99. The predicted octanol–water partition coefficient (Wildman–Crippen LogP) is 1.87. The summed E-state index contributed by atoms with van der Waals surface area (Å²) in [4.78, 5) is 4.10. The molecule has 0 fully saturated rings. The lowest BCUT2D eigenvalue weighted by atomic mass is 10.1. The van der Waals surface area contributed by atoms with E-state index in [0.29, 0.717) is 0 Å². The fourth-order valence-electron chi connectivity index (χ4n) is 1.86. The Labute approximate surface area is 122 Å². The molecular formula is C13H18N4O2S. The van der Waals surface area contributed by atoms with Crippen molar-refractivity contribution in [2.45, 2.75) is 11.2 Å². The summed E-state index contributed by atoms with van der Waals surface area (Å²) < 4.78 is 10.7. The minimum atomic E-state index is 0.144.